The molecule has 2 atom stereocenters. The number of hydrogen-bond donors (Lipinski definition) is 1. The van der Waals surface area contributed by atoms with Crippen LogP contribution in [0.5, 0.6) is 0 Å². The lowest BCUT2D eigenvalue weighted by molar-refractivity contribution is -0.118. The zero-order valence-corrected chi connectivity index (χ0v) is 9.40. The van der Waals surface area contributed by atoms with E-state index in [-0.39, 0.29) is 23.3 Å². The lowest BCUT2D eigenvalue weighted by Gasteiger charge is -2.22. The number of fused-ring (bicyclic) bond motifs is 4. The van der Waals surface area contributed by atoms with Gasteiger partial charge in [-0.25, -0.2) is 0 Å². The Balaban J connectivity index is 2.30. The van der Waals surface area contributed by atoms with Crippen LogP contribution in [0.2, 0.25) is 0 Å². The van der Waals surface area contributed by atoms with Crippen LogP contribution >= 0.6 is 0 Å². The number of pyridine rings is 1. The van der Waals surface area contributed by atoms with E-state index in [2.05, 4.69) is 4.98 Å². The van der Waals surface area contributed by atoms with Crippen LogP contribution in [0.3, 0.4) is 0 Å². The van der Waals surface area contributed by atoms with Crippen LogP contribution < -0.4 is 5.56 Å². The Morgan fingerprint density at radius 1 is 1.35 bits per heavy atom. The topological polar surface area (TPSA) is 70.2 Å². The van der Waals surface area contributed by atoms with Crippen molar-refractivity contribution < 1.29 is 9.59 Å². The molecule has 1 aliphatic heterocycles. The number of amides is 1. The molecule has 1 N–H and O–H groups in total. The van der Waals surface area contributed by atoms with Crippen LogP contribution in [0.15, 0.2) is 17.1 Å². The smallest absolute Gasteiger partial charge is 0.254 e. The van der Waals surface area contributed by atoms with Crippen molar-refractivity contribution in [2.75, 3.05) is 7.05 Å². The van der Waals surface area contributed by atoms with Gasteiger partial charge in [0, 0.05) is 31.3 Å². The molecular weight excluding hydrogens is 220 g/mol. The summed E-state index contributed by atoms with van der Waals surface area (Å²) < 4.78 is 0. The van der Waals surface area contributed by atoms with Gasteiger partial charge in [0.25, 0.3) is 11.5 Å². The van der Waals surface area contributed by atoms with Crippen LogP contribution in [-0.2, 0) is 4.79 Å². The Hall–Kier alpha value is -1.91. The van der Waals surface area contributed by atoms with Gasteiger partial charge in [-0.2, -0.15) is 0 Å². The fourth-order valence-corrected chi connectivity index (χ4v) is 2.81. The number of aromatic nitrogens is 1. The number of rotatable bonds is 0. The Morgan fingerprint density at radius 2 is 2.12 bits per heavy atom. The molecule has 0 aromatic carbocycles. The molecule has 5 nitrogen and oxygen atoms in total. The molecule has 1 saturated carbocycles. The zero-order valence-electron chi connectivity index (χ0n) is 9.40. The lowest BCUT2D eigenvalue weighted by Crippen LogP contribution is -2.36. The minimum atomic E-state index is -0.408. The third-order valence-electron chi connectivity index (χ3n) is 3.78. The summed E-state index contributed by atoms with van der Waals surface area (Å²) in [7, 11) is 1.69. The molecule has 2 bridgehead atoms. The highest BCUT2D eigenvalue weighted by Crippen LogP contribution is 2.37. The molecule has 1 amide bonds. The van der Waals surface area contributed by atoms with Gasteiger partial charge in [0.15, 0.2) is 0 Å². The van der Waals surface area contributed by atoms with E-state index in [1.807, 2.05) is 0 Å². The first-order valence-electron chi connectivity index (χ1n) is 5.61. The van der Waals surface area contributed by atoms with E-state index in [0.29, 0.717) is 24.0 Å². The van der Waals surface area contributed by atoms with Gasteiger partial charge in [-0.1, -0.05) is 0 Å². The Labute approximate surface area is 97.4 Å². The summed E-state index contributed by atoms with van der Waals surface area (Å²) in [6.45, 7) is 0. The molecule has 3 rings (SSSR count). The number of aromatic amines is 1. The summed E-state index contributed by atoms with van der Waals surface area (Å²) in [6, 6.07) is 1.52. The third-order valence-corrected chi connectivity index (χ3v) is 3.78. The number of carbonyl (C=O) groups is 2. The van der Waals surface area contributed by atoms with Crippen LogP contribution in [0.4, 0.5) is 0 Å². The van der Waals surface area contributed by atoms with Crippen molar-refractivity contribution in [3.63, 3.8) is 0 Å². The van der Waals surface area contributed by atoms with Crippen LogP contribution in [-0.4, -0.2) is 34.7 Å². The first kappa shape index (κ1) is 10.3. The number of ketones is 1. The summed E-state index contributed by atoms with van der Waals surface area (Å²) in [5.74, 6) is -0.507. The van der Waals surface area contributed by atoms with E-state index in [0.717, 1.165) is 0 Å². The van der Waals surface area contributed by atoms with E-state index < -0.39 is 5.92 Å². The van der Waals surface area contributed by atoms with Gasteiger partial charge in [0.2, 0.25) is 0 Å². The second-order valence-electron chi connectivity index (χ2n) is 4.66. The summed E-state index contributed by atoms with van der Waals surface area (Å²) in [5, 5.41) is 0. The first-order valence-corrected chi connectivity index (χ1v) is 5.61. The molecule has 5 heteroatoms. The first-order chi connectivity index (χ1) is 8.09. The quantitative estimate of drug-likeness (QED) is 0.698. The third kappa shape index (κ3) is 1.28. The average Bonchev–Trinajstić information content (AvgIpc) is 2.64. The molecule has 17 heavy (non-hydrogen) atoms. The van der Waals surface area contributed by atoms with Gasteiger partial charge in [-0.15, -0.1) is 0 Å². The molecule has 1 aromatic heterocycles. The van der Waals surface area contributed by atoms with Gasteiger partial charge in [-0.05, 0) is 12.5 Å². The van der Waals surface area contributed by atoms with Gasteiger partial charge >= 0.3 is 0 Å². The fourth-order valence-electron chi connectivity index (χ4n) is 2.81. The van der Waals surface area contributed by atoms with Crippen molar-refractivity contribution in [1.29, 1.82) is 0 Å². The summed E-state index contributed by atoms with van der Waals surface area (Å²) >= 11 is 0. The van der Waals surface area contributed by atoms with E-state index in [9.17, 15) is 14.4 Å². The van der Waals surface area contributed by atoms with Crippen molar-refractivity contribution in [3.05, 3.63) is 33.7 Å². The second kappa shape index (κ2) is 3.29. The molecule has 1 aliphatic carbocycles. The molecule has 1 aromatic rings. The van der Waals surface area contributed by atoms with Gasteiger partial charge in [0.1, 0.15) is 5.78 Å². The SMILES string of the molecule is CN1C(=O)c2cc[nH]c(=O)c2C2CC1CC2=O. The number of hydrogen-bond acceptors (Lipinski definition) is 3. The summed E-state index contributed by atoms with van der Waals surface area (Å²) in [6.07, 6.45) is 2.39. The largest absolute Gasteiger partial charge is 0.338 e. The Kier molecular flexibility index (Phi) is 1.98. The molecule has 2 unspecified atom stereocenters. The number of H-pyrrole nitrogens is 1. The predicted molar refractivity (Wildman–Crippen MR) is 59.9 cm³/mol. The molecule has 0 saturated heterocycles. The number of Topliss-reactive ketones (excluding diaryl/α,β-unsaturated/α-hetero) is 1. The van der Waals surface area contributed by atoms with Crippen LogP contribution in [0.1, 0.15) is 34.7 Å². The number of carbonyl (C=O) groups excluding carboxylic acids is 2. The van der Waals surface area contributed by atoms with E-state index in [4.69, 9.17) is 0 Å². The Morgan fingerprint density at radius 3 is 2.88 bits per heavy atom. The fraction of sp³-hybridized carbons (Fsp3) is 0.417. The number of nitrogens with one attached hydrogen (secondary N) is 1. The minimum Gasteiger partial charge on any atom is -0.338 e. The molecule has 0 radical (unpaired) electrons. The highest BCUT2D eigenvalue weighted by atomic mass is 16.2. The highest BCUT2D eigenvalue weighted by Gasteiger charge is 2.43. The normalized spacial score (nSPS) is 27.0. The molecule has 2 aliphatic rings. The maximum atomic E-state index is 12.1. The monoisotopic (exact) mass is 232 g/mol. The molecule has 88 valence electrons. The van der Waals surface area contributed by atoms with Crippen molar-refractivity contribution in [2.45, 2.75) is 24.8 Å². The maximum absolute atomic E-state index is 12.1. The molecule has 1 fully saturated rings. The van der Waals surface area contributed by atoms with Crippen molar-refractivity contribution in [2.24, 2.45) is 0 Å². The molecule has 2 heterocycles. The standard InChI is InChI=1S/C12H12N2O3/c1-14-6-4-8(9(15)5-6)10-7(12(14)17)2-3-13-11(10)16/h2-3,6,8H,4-5H2,1H3,(H,13,16). The average molecular weight is 232 g/mol. The zero-order chi connectivity index (χ0) is 12.2. The number of nitrogens with zero attached hydrogens (tertiary/aromatic N) is 1. The van der Waals surface area contributed by atoms with Crippen molar-refractivity contribution in [1.82, 2.24) is 9.88 Å². The van der Waals surface area contributed by atoms with Gasteiger partial charge in [-0.3, -0.25) is 14.4 Å². The second-order valence-corrected chi connectivity index (χ2v) is 4.66. The van der Waals surface area contributed by atoms with E-state index >= 15 is 0 Å². The lowest BCUT2D eigenvalue weighted by atomic mass is 9.94. The van der Waals surface area contributed by atoms with Crippen LogP contribution in [0.25, 0.3) is 0 Å². The Bertz CT molecular complexity index is 575. The minimum absolute atomic E-state index is 0.0623. The highest BCUT2D eigenvalue weighted by molar-refractivity contribution is 6.01. The van der Waals surface area contributed by atoms with E-state index in [1.165, 1.54) is 6.20 Å². The van der Waals surface area contributed by atoms with Gasteiger partial charge < -0.3 is 9.88 Å². The van der Waals surface area contributed by atoms with Gasteiger partial charge in [0.05, 0.1) is 11.5 Å². The van der Waals surface area contributed by atoms with Crippen LogP contribution in [0, 0.1) is 0 Å². The summed E-state index contributed by atoms with van der Waals surface area (Å²) in [5.41, 5.74) is 0.413. The summed E-state index contributed by atoms with van der Waals surface area (Å²) in [4.78, 5) is 40.0. The van der Waals surface area contributed by atoms with E-state index in [1.54, 1.807) is 18.0 Å². The van der Waals surface area contributed by atoms with Crippen molar-refractivity contribution >= 4 is 11.7 Å². The molecule has 0 spiro atoms. The predicted octanol–water partition coefficient (Wildman–Crippen LogP) is 0.276. The van der Waals surface area contributed by atoms with Crippen molar-refractivity contribution in [3.8, 4) is 0 Å². The molecular formula is C12H12N2O3. The maximum Gasteiger partial charge on any atom is 0.254 e.